The summed E-state index contributed by atoms with van der Waals surface area (Å²) < 4.78 is 117. The third-order valence-electron chi connectivity index (χ3n) is 13.5. The van der Waals surface area contributed by atoms with E-state index in [1.54, 1.807) is 51.2 Å². The van der Waals surface area contributed by atoms with Crippen molar-refractivity contribution >= 4 is 29.8 Å². The Morgan fingerprint density at radius 2 is 1.48 bits per heavy atom. The number of pyridine rings is 1. The second-order valence-electron chi connectivity index (χ2n) is 20.4. The minimum absolute atomic E-state index is 0.207. The van der Waals surface area contributed by atoms with Crippen LogP contribution in [0.5, 0.6) is 0 Å². The van der Waals surface area contributed by atoms with Gasteiger partial charge in [-0.15, -0.1) is 0 Å². The van der Waals surface area contributed by atoms with E-state index in [1.165, 1.54) is 5.70 Å². The highest BCUT2D eigenvalue weighted by molar-refractivity contribution is 5.87. The van der Waals surface area contributed by atoms with E-state index in [0.29, 0.717) is 42.6 Å². The van der Waals surface area contributed by atoms with Crippen LogP contribution in [0.25, 0.3) is 11.3 Å². The largest absolute Gasteiger partial charge is 0.453 e. The number of alkyl carbamates (subject to hydrolysis) is 2. The Morgan fingerprint density at radius 1 is 0.857 bits per heavy atom. The number of halogens is 7. The van der Waals surface area contributed by atoms with Crippen molar-refractivity contribution in [2.45, 2.75) is 103 Å². The first-order chi connectivity index (χ1) is 36.3. The van der Waals surface area contributed by atoms with E-state index in [2.05, 4.69) is 58.7 Å². The topological polar surface area (TPSA) is 205 Å². The van der Waals surface area contributed by atoms with Crippen LogP contribution in [0, 0.1) is 34.3 Å². The van der Waals surface area contributed by atoms with Crippen molar-refractivity contribution in [3.05, 3.63) is 113 Å². The van der Waals surface area contributed by atoms with Crippen molar-refractivity contribution in [3.8, 4) is 23.1 Å². The van der Waals surface area contributed by atoms with Gasteiger partial charge in [0.1, 0.15) is 29.5 Å². The Kier molecular flexibility index (Phi) is 17.4. The molecular formula is C52H59F7N10O8. The molecule has 3 aliphatic heterocycles. The van der Waals surface area contributed by atoms with Gasteiger partial charge in [0.25, 0.3) is 5.91 Å². The van der Waals surface area contributed by atoms with Crippen LogP contribution in [0.15, 0.2) is 78.9 Å². The van der Waals surface area contributed by atoms with Crippen LogP contribution in [0.2, 0.25) is 0 Å². The van der Waals surface area contributed by atoms with Gasteiger partial charge in [0, 0.05) is 72.6 Å². The molecule has 4 aromatic rings. The summed E-state index contributed by atoms with van der Waals surface area (Å²) in [6.45, 7) is 3.58. The Morgan fingerprint density at radius 3 is 2.00 bits per heavy atom. The van der Waals surface area contributed by atoms with Gasteiger partial charge in [-0.2, -0.15) is 27.1 Å². The third-order valence-corrected chi connectivity index (χ3v) is 13.5. The summed E-state index contributed by atoms with van der Waals surface area (Å²) in [5.74, 6) is 2.03. The molecule has 77 heavy (non-hydrogen) atoms. The van der Waals surface area contributed by atoms with E-state index >= 15 is 8.78 Å². The van der Waals surface area contributed by atoms with E-state index < -0.39 is 102 Å². The number of methoxy groups -OCH3 is 2. The Balaban J connectivity index is 1.16. The molecule has 2 aromatic carbocycles. The molecule has 4 amide bonds. The van der Waals surface area contributed by atoms with E-state index in [-0.39, 0.29) is 22.4 Å². The molecule has 414 valence electrons. The van der Waals surface area contributed by atoms with Gasteiger partial charge in [0.15, 0.2) is 0 Å². The number of amides is 4. The lowest BCUT2D eigenvalue weighted by Gasteiger charge is -2.40. The fourth-order valence-corrected chi connectivity index (χ4v) is 8.86. The summed E-state index contributed by atoms with van der Waals surface area (Å²) in [4.78, 5) is 62.1. The quantitative estimate of drug-likeness (QED) is 0.0431. The lowest BCUT2D eigenvalue weighted by molar-refractivity contribution is -0.220. The van der Waals surface area contributed by atoms with Gasteiger partial charge in [0.2, 0.25) is 5.91 Å². The maximum Gasteiger partial charge on any atom is 0.407 e. The number of aliphatic hydroxyl groups excluding tert-OH is 1. The molecule has 5 N–H and O–H groups in total. The third kappa shape index (κ3) is 13.6. The zero-order valence-electron chi connectivity index (χ0n) is 43.1. The van der Waals surface area contributed by atoms with Crippen LogP contribution in [0.4, 0.5) is 46.1 Å². The average molecular weight is 1090 g/mol. The van der Waals surface area contributed by atoms with Gasteiger partial charge in [0.05, 0.1) is 62.8 Å². The number of nitrogens with zero attached hydrogens (tertiary/aromatic N) is 6. The highest BCUT2D eigenvalue weighted by Crippen LogP contribution is 2.41. The molecule has 0 aliphatic carbocycles. The lowest BCUT2D eigenvalue weighted by atomic mass is 9.82. The Bertz CT molecular complexity index is 2860. The molecule has 3 aliphatic rings. The van der Waals surface area contributed by atoms with Crippen LogP contribution in [0.1, 0.15) is 69.8 Å². The second kappa shape index (κ2) is 23.4. The fourth-order valence-electron chi connectivity index (χ4n) is 8.86. The maximum atomic E-state index is 16.0. The number of hydrazine groups is 1. The Hall–Kier alpha value is -7.43. The lowest BCUT2D eigenvalue weighted by Crippen LogP contribution is -2.63. The first-order valence-electron chi connectivity index (χ1n) is 24.3. The number of anilines is 1. The van der Waals surface area contributed by atoms with E-state index in [4.69, 9.17) is 9.47 Å². The van der Waals surface area contributed by atoms with Gasteiger partial charge in [-0.05, 0) is 73.7 Å². The van der Waals surface area contributed by atoms with Crippen LogP contribution < -0.4 is 26.3 Å². The molecule has 25 heteroatoms. The summed E-state index contributed by atoms with van der Waals surface area (Å²) in [6.07, 6.45) is -4.08. The average Bonchev–Trinajstić information content (AvgIpc) is 4.13. The molecular weight excluding hydrogens is 1030 g/mol. The summed E-state index contributed by atoms with van der Waals surface area (Å²) in [7, 11) is 1.92. The number of benzene rings is 2. The number of rotatable bonds is 18. The van der Waals surface area contributed by atoms with E-state index in [9.17, 15) is 46.2 Å². The predicted octanol–water partition coefficient (Wildman–Crippen LogP) is 6.16. The molecule has 2 bridgehead atoms. The molecule has 2 aromatic heterocycles. The van der Waals surface area contributed by atoms with E-state index in [0.717, 1.165) is 75.6 Å². The SMILES string of the molecule is COC(=O)NC(C(=O)N[C@@H](Cc1ccc(C#Cc2ccc(N3CC4CC3=CN4C3COC3)nc2)cc1)[C@@H](O)CN(Cc1c(F)cc(-c2ccn(C(F)F)n2)cc1F)NC(=O)[C@@H](NC(=O)OC)C(C)(C)C)C(C)(C)C(F)(F)F. The molecule has 2 unspecified atom stereocenters. The zero-order chi connectivity index (χ0) is 56.1. The summed E-state index contributed by atoms with van der Waals surface area (Å²) in [6, 6.07) is 8.29. The minimum atomic E-state index is -5.09. The number of alkyl halides is 5. The molecule has 0 spiro atoms. The van der Waals surface area contributed by atoms with Gasteiger partial charge in [-0.3, -0.25) is 15.0 Å². The normalized spacial score (nSPS) is 17.2. The highest BCUT2D eigenvalue weighted by Gasteiger charge is 2.56. The second-order valence-corrected chi connectivity index (χ2v) is 20.4. The number of aliphatic hydroxyl groups is 1. The first kappa shape index (κ1) is 57.3. The Labute approximate surface area is 439 Å². The van der Waals surface area contributed by atoms with Crippen molar-refractivity contribution in [3.63, 3.8) is 0 Å². The van der Waals surface area contributed by atoms with Gasteiger partial charge < -0.3 is 45.1 Å². The predicted molar refractivity (Wildman–Crippen MR) is 264 cm³/mol. The number of carbonyl (C=O) groups is 4. The zero-order valence-corrected chi connectivity index (χ0v) is 43.1. The first-order valence-corrected chi connectivity index (χ1v) is 24.3. The van der Waals surface area contributed by atoms with Crippen molar-refractivity contribution in [2.75, 3.05) is 45.4 Å². The number of carbonyl (C=O) groups excluding carboxylic acids is 4. The number of nitrogens with one attached hydrogen (secondary N) is 4. The van der Waals surface area contributed by atoms with Crippen LogP contribution in [-0.2, 0) is 36.8 Å². The molecule has 2 fully saturated rings. The van der Waals surface area contributed by atoms with Crippen molar-refractivity contribution in [1.29, 1.82) is 0 Å². The molecule has 2 saturated heterocycles. The molecule has 0 saturated carbocycles. The fraction of sp³-hybridized carbons (Fsp3) is 0.462. The van der Waals surface area contributed by atoms with E-state index in [1.807, 2.05) is 17.4 Å². The van der Waals surface area contributed by atoms with Crippen molar-refractivity contribution in [2.24, 2.45) is 10.8 Å². The van der Waals surface area contributed by atoms with Gasteiger partial charge in [-0.1, -0.05) is 44.7 Å². The summed E-state index contributed by atoms with van der Waals surface area (Å²) in [5.41, 5.74) is 0.0295. The van der Waals surface area contributed by atoms with Crippen molar-refractivity contribution in [1.82, 2.24) is 46.0 Å². The molecule has 0 radical (unpaired) electrons. The van der Waals surface area contributed by atoms with Gasteiger partial charge >= 0.3 is 24.9 Å². The molecule has 18 nitrogen and oxygen atoms in total. The van der Waals surface area contributed by atoms with Crippen LogP contribution in [-0.4, -0.2) is 137 Å². The molecule has 7 rings (SSSR count). The van der Waals surface area contributed by atoms with Crippen LogP contribution >= 0.6 is 0 Å². The standard InChI is InChI=1S/C52H59F7N10O8/c1-50(2,3)43(62-48(73)75-6)46(72)65-66(25-36-37(53)19-32(20-38(36)54)39-16-17-69(64-39)47(55)56)26-41(70)40(61-45(71)44(63-49(74)76-7)51(4,5)52(57,58)59)18-30-11-8-29(9-12-30)10-13-31-14-15-42(60-22-31)68-24-33-21-34(68)23-67(33)35-27-77-28-35/h8-9,11-12,14-17,19-20,22-23,33,35,40-41,43-44,47,70H,18,21,24-28H2,1-7H3,(H,61,71)(H,62,73)(H,63,74)(H,65,72)/t33?,40-,41-,43+,44?/m0/s1. The van der Waals surface area contributed by atoms with Gasteiger partial charge in [-0.25, -0.2) is 33.0 Å². The highest BCUT2D eigenvalue weighted by atomic mass is 19.4. The monoisotopic (exact) mass is 1080 g/mol. The number of aromatic nitrogens is 3. The molecule has 5 atom stereocenters. The molecule has 5 heterocycles. The maximum absolute atomic E-state index is 16.0. The summed E-state index contributed by atoms with van der Waals surface area (Å²) >= 11 is 0. The smallest absolute Gasteiger partial charge is 0.407 e. The van der Waals surface area contributed by atoms with Crippen LogP contribution in [0.3, 0.4) is 0 Å². The minimum Gasteiger partial charge on any atom is -0.453 e. The number of ether oxygens (including phenoxy) is 3. The summed E-state index contributed by atoms with van der Waals surface area (Å²) in [5, 5.41) is 23.3. The van der Waals surface area contributed by atoms with Crippen molar-refractivity contribution < 1.29 is 69.2 Å². The number of hydrogen-bond acceptors (Lipinski definition) is 13. The number of hydrogen-bond donors (Lipinski definition) is 5. The number of fused-ring (bicyclic) bond motifs is 2.